The van der Waals surface area contributed by atoms with Crippen molar-refractivity contribution in [3.63, 3.8) is 0 Å². The van der Waals surface area contributed by atoms with Crippen molar-refractivity contribution < 1.29 is 18.0 Å². The van der Waals surface area contributed by atoms with E-state index in [2.05, 4.69) is 4.98 Å². The zero-order valence-electron chi connectivity index (χ0n) is 9.97. The van der Waals surface area contributed by atoms with E-state index in [0.717, 1.165) is 0 Å². The van der Waals surface area contributed by atoms with E-state index in [9.17, 15) is 18.0 Å². The third kappa shape index (κ3) is 5.34. The second kappa shape index (κ2) is 6.54. The van der Waals surface area contributed by atoms with Crippen LogP contribution in [0.1, 0.15) is 16.8 Å². The topological polar surface area (TPSA) is 33.2 Å². The molecule has 0 unspecified atom stereocenters. The molecule has 0 aromatic carbocycles. The molecule has 1 rings (SSSR count). The summed E-state index contributed by atoms with van der Waals surface area (Å²) >= 11 is 11.6. The second-order valence-electron chi connectivity index (χ2n) is 4.00. The van der Waals surface area contributed by atoms with Crippen LogP contribution < -0.4 is 0 Å². The second-order valence-corrected chi connectivity index (χ2v) is 4.82. The zero-order valence-corrected chi connectivity index (χ0v) is 11.5. The number of carbonyl (C=O) groups is 1. The number of likely N-dealkylation sites (N-methyl/N-ethyl adjacent to an activating group) is 1. The normalized spacial score (nSPS) is 11.9. The number of carbonyl (C=O) groups excluding carboxylic acids is 1. The van der Waals surface area contributed by atoms with E-state index in [0.29, 0.717) is 0 Å². The molecule has 0 aliphatic carbocycles. The molecule has 8 heteroatoms. The number of halogens is 5. The average Bonchev–Trinajstić information content (AvgIpc) is 2.25. The molecule has 0 bridgehead atoms. The number of hydrogen-bond donors (Lipinski definition) is 0. The number of ketones is 1. The summed E-state index contributed by atoms with van der Waals surface area (Å²) in [5, 5.41) is 0.170. The van der Waals surface area contributed by atoms with Crippen molar-refractivity contribution in [1.29, 1.82) is 0 Å². The van der Waals surface area contributed by atoms with Gasteiger partial charge in [-0.25, -0.2) is 0 Å². The summed E-state index contributed by atoms with van der Waals surface area (Å²) in [5.41, 5.74) is 0.0807. The van der Waals surface area contributed by atoms with Gasteiger partial charge in [-0.15, -0.1) is 0 Å². The molecule has 0 aliphatic heterocycles. The highest BCUT2D eigenvalue weighted by Gasteiger charge is 2.27. The summed E-state index contributed by atoms with van der Waals surface area (Å²) in [6, 6.07) is 0. The molecule has 1 aromatic rings. The lowest BCUT2D eigenvalue weighted by molar-refractivity contribution is -0.137. The van der Waals surface area contributed by atoms with Gasteiger partial charge in [0.05, 0.1) is 28.6 Å². The lowest BCUT2D eigenvalue weighted by Crippen LogP contribution is -2.30. The molecule has 0 saturated heterocycles. The van der Waals surface area contributed by atoms with Crippen molar-refractivity contribution in [1.82, 2.24) is 9.88 Å². The zero-order chi connectivity index (χ0) is 14.6. The highest BCUT2D eigenvalue weighted by Crippen LogP contribution is 2.24. The van der Waals surface area contributed by atoms with E-state index in [4.69, 9.17) is 23.2 Å². The summed E-state index contributed by atoms with van der Waals surface area (Å²) < 4.78 is 36.1. The predicted molar refractivity (Wildman–Crippen MR) is 66.8 cm³/mol. The van der Waals surface area contributed by atoms with Crippen LogP contribution in [-0.4, -0.2) is 42.0 Å². The number of hydrogen-bond acceptors (Lipinski definition) is 3. The average molecular weight is 315 g/mol. The Morgan fingerprint density at radius 2 is 1.84 bits per heavy atom. The maximum atomic E-state index is 12.0. The minimum absolute atomic E-state index is 0.0807. The smallest absolute Gasteiger partial charge is 0.299 e. The van der Waals surface area contributed by atoms with Gasteiger partial charge in [0.2, 0.25) is 0 Å². The van der Waals surface area contributed by atoms with Gasteiger partial charge < -0.3 is 0 Å². The van der Waals surface area contributed by atoms with E-state index in [-0.39, 0.29) is 28.7 Å². The summed E-state index contributed by atoms with van der Waals surface area (Å²) in [6.45, 7) is -0.463. The number of aromatic nitrogens is 1. The first-order valence-electron chi connectivity index (χ1n) is 5.28. The molecule has 106 valence electrons. The predicted octanol–water partition coefficient (Wildman–Crippen LogP) is 3.46. The maximum absolute atomic E-state index is 12.0. The van der Waals surface area contributed by atoms with Crippen LogP contribution in [0.4, 0.5) is 13.2 Å². The van der Waals surface area contributed by atoms with E-state index >= 15 is 0 Å². The molecular weight excluding hydrogens is 304 g/mol. The Kier molecular flexibility index (Phi) is 5.58. The van der Waals surface area contributed by atoms with Crippen molar-refractivity contribution >= 4 is 29.0 Å². The van der Waals surface area contributed by atoms with Crippen molar-refractivity contribution in [3.8, 4) is 0 Å². The molecule has 0 radical (unpaired) electrons. The van der Waals surface area contributed by atoms with Crippen molar-refractivity contribution in [2.75, 3.05) is 20.1 Å². The summed E-state index contributed by atoms with van der Waals surface area (Å²) in [7, 11) is 1.42. The molecule has 0 N–H and O–H groups in total. The van der Waals surface area contributed by atoms with E-state index in [1.165, 1.54) is 24.3 Å². The lowest BCUT2D eigenvalue weighted by Gasteiger charge is -2.17. The van der Waals surface area contributed by atoms with Crippen LogP contribution in [0.2, 0.25) is 10.0 Å². The summed E-state index contributed by atoms with van der Waals surface area (Å²) in [4.78, 5) is 16.9. The van der Waals surface area contributed by atoms with Gasteiger partial charge in [0.1, 0.15) is 0 Å². The maximum Gasteiger partial charge on any atom is 0.390 e. The molecule has 0 saturated carbocycles. The Morgan fingerprint density at radius 3 is 2.32 bits per heavy atom. The third-order valence-electron chi connectivity index (χ3n) is 2.32. The van der Waals surface area contributed by atoms with Gasteiger partial charge in [-0.1, -0.05) is 23.2 Å². The van der Waals surface area contributed by atoms with Crippen LogP contribution in [0.5, 0.6) is 0 Å². The molecule has 19 heavy (non-hydrogen) atoms. The summed E-state index contributed by atoms with van der Waals surface area (Å²) in [5.74, 6) is -0.443. The monoisotopic (exact) mass is 314 g/mol. The quantitative estimate of drug-likeness (QED) is 0.780. The Hall–Kier alpha value is -0.850. The SMILES string of the molecule is CN(CCC(F)(F)F)CC(=O)c1c(Cl)cncc1Cl. The Bertz CT molecular complexity index is 445. The van der Waals surface area contributed by atoms with Crippen LogP contribution in [-0.2, 0) is 0 Å². The number of pyridine rings is 1. The Labute approximate surface area is 118 Å². The van der Waals surface area contributed by atoms with Crippen molar-refractivity contribution in [3.05, 3.63) is 28.0 Å². The Balaban J connectivity index is 2.65. The standard InChI is InChI=1S/C11H11Cl2F3N2O/c1-18(3-2-11(14,15)16)6-9(19)10-7(12)4-17-5-8(10)13/h4-5H,2-3,6H2,1H3. The van der Waals surface area contributed by atoms with E-state index in [1.807, 2.05) is 0 Å². The molecule has 1 aromatic heterocycles. The van der Waals surface area contributed by atoms with E-state index in [1.54, 1.807) is 0 Å². The first-order valence-corrected chi connectivity index (χ1v) is 6.04. The van der Waals surface area contributed by atoms with Crippen molar-refractivity contribution in [2.24, 2.45) is 0 Å². The van der Waals surface area contributed by atoms with Crippen LogP contribution in [0.15, 0.2) is 12.4 Å². The lowest BCUT2D eigenvalue weighted by atomic mass is 10.1. The minimum atomic E-state index is -4.25. The molecular formula is C11H11Cl2F3N2O. The number of Topliss-reactive ketones (excluding diaryl/α,β-unsaturated/α-hetero) is 1. The summed E-state index contributed by atoms with van der Waals surface area (Å²) in [6.07, 6.45) is -2.70. The fourth-order valence-electron chi connectivity index (χ4n) is 1.40. The molecule has 0 amide bonds. The molecule has 3 nitrogen and oxygen atoms in total. The van der Waals surface area contributed by atoms with Gasteiger partial charge in [0, 0.05) is 18.9 Å². The molecule has 1 heterocycles. The molecule has 0 aliphatic rings. The van der Waals surface area contributed by atoms with Crippen LogP contribution >= 0.6 is 23.2 Å². The van der Waals surface area contributed by atoms with E-state index < -0.39 is 18.4 Å². The van der Waals surface area contributed by atoms with Gasteiger partial charge in [0.15, 0.2) is 5.78 Å². The van der Waals surface area contributed by atoms with Gasteiger partial charge in [-0.05, 0) is 7.05 Å². The first-order chi connectivity index (χ1) is 8.70. The highest BCUT2D eigenvalue weighted by atomic mass is 35.5. The fraction of sp³-hybridized carbons (Fsp3) is 0.455. The van der Waals surface area contributed by atoms with Gasteiger partial charge in [0.25, 0.3) is 0 Å². The van der Waals surface area contributed by atoms with Crippen LogP contribution in [0.3, 0.4) is 0 Å². The molecule has 0 spiro atoms. The largest absolute Gasteiger partial charge is 0.390 e. The number of nitrogens with zero attached hydrogens (tertiary/aromatic N) is 2. The third-order valence-corrected chi connectivity index (χ3v) is 2.90. The first kappa shape index (κ1) is 16.2. The highest BCUT2D eigenvalue weighted by molar-refractivity contribution is 6.39. The van der Waals surface area contributed by atoms with Crippen molar-refractivity contribution in [2.45, 2.75) is 12.6 Å². The molecule has 0 atom stereocenters. The number of alkyl halides is 3. The minimum Gasteiger partial charge on any atom is -0.299 e. The fourth-order valence-corrected chi connectivity index (χ4v) is 1.97. The molecule has 0 fully saturated rings. The van der Waals surface area contributed by atoms with Gasteiger partial charge in [-0.2, -0.15) is 13.2 Å². The van der Waals surface area contributed by atoms with Crippen LogP contribution in [0.25, 0.3) is 0 Å². The van der Waals surface area contributed by atoms with Gasteiger partial charge >= 0.3 is 6.18 Å². The van der Waals surface area contributed by atoms with Gasteiger partial charge in [-0.3, -0.25) is 14.7 Å². The Morgan fingerprint density at radius 1 is 1.32 bits per heavy atom. The van der Waals surface area contributed by atoms with Crippen LogP contribution in [0, 0.1) is 0 Å². The number of rotatable bonds is 5.